The van der Waals surface area contributed by atoms with Crippen LogP contribution >= 0.6 is 11.3 Å². The van der Waals surface area contributed by atoms with Gasteiger partial charge in [-0.2, -0.15) is 0 Å². The Labute approximate surface area is 167 Å². The maximum atomic E-state index is 13.0. The molecule has 0 bridgehead atoms. The number of hydrogen-bond acceptors (Lipinski definition) is 3. The van der Waals surface area contributed by atoms with E-state index in [1.54, 1.807) is 0 Å². The van der Waals surface area contributed by atoms with Gasteiger partial charge in [0.2, 0.25) is 5.91 Å². The van der Waals surface area contributed by atoms with Gasteiger partial charge in [0.25, 0.3) is 0 Å². The van der Waals surface area contributed by atoms with E-state index >= 15 is 0 Å². The van der Waals surface area contributed by atoms with Gasteiger partial charge >= 0.3 is 0 Å². The summed E-state index contributed by atoms with van der Waals surface area (Å²) in [5.41, 5.74) is 3.98. The van der Waals surface area contributed by atoms with E-state index in [0.717, 1.165) is 32.4 Å². The van der Waals surface area contributed by atoms with Gasteiger partial charge in [-0.05, 0) is 52.9 Å². The molecule has 0 saturated carbocycles. The first-order chi connectivity index (χ1) is 12.9. The van der Waals surface area contributed by atoms with Crippen molar-refractivity contribution in [3.05, 3.63) is 57.3 Å². The van der Waals surface area contributed by atoms with Gasteiger partial charge in [0.05, 0.1) is 12.6 Å². The van der Waals surface area contributed by atoms with Crippen molar-refractivity contribution in [2.75, 3.05) is 19.6 Å². The van der Waals surface area contributed by atoms with E-state index in [1.165, 1.54) is 21.6 Å². The second-order valence-corrected chi connectivity index (χ2v) is 9.44. The van der Waals surface area contributed by atoms with Crippen molar-refractivity contribution in [3.63, 3.8) is 0 Å². The van der Waals surface area contributed by atoms with Gasteiger partial charge in [-0.15, -0.1) is 11.3 Å². The molecular formula is C23H32N2OS. The highest BCUT2D eigenvalue weighted by atomic mass is 32.1. The zero-order valence-electron chi connectivity index (χ0n) is 17.0. The highest BCUT2D eigenvalue weighted by molar-refractivity contribution is 7.10. The number of fused-ring (bicyclic) bond motifs is 1. The quantitative estimate of drug-likeness (QED) is 0.718. The SMILES string of the molecule is CCCCNCC(=O)N1CCc2sccc2C1c1ccc(C(C)(C)C)cc1. The van der Waals surface area contributed by atoms with E-state index in [1.807, 2.05) is 11.3 Å². The number of hydrogen-bond donors (Lipinski definition) is 1. The van der Waals surface area contributed by atoms with Crippen LogP contribution in [0, 0.1) is 0 Å². The van der Waals surface area contributed by atoms with Gasteiger partial charge in [-0.1, -0.05) is 58.4 Å². The molecule has 4 heteroatoms. The number of benzene rings is 1. The van der Waals surface area contributed by atoms with Crippen molar-refractivity contribution in [1.82, 2.24) is 10.2 Å². The Bertz CT molecular complexity index is 757. The molecule has 27 heavy (non-hydrogen) atoms. The molecule has 1 amide bonds. The summed E-state index contributed by atoms with van der Waals surface area (Å²) in [5, 5.41) is 5.47. The number of thiophene rings is 1. The van der Waals surface area contributed by atoms with Crippen LogP contribution in [0.1, 0.15) is 68.1 Å². The molecule has 0 radical (unpaired) electrons. The largest absolute Gasteiger partial charge is 0.330 e. The molecule has 1 aliphatic heterocycles. The summed E-state index contributed by atoms with van der Waals surface area (Å²) in [6, 6.07) is 11.1. The molecule has 3 rings (SSSR count). The molecule has 2 aromatic rings. The van der Waals surface area contributed by atoms with Crippen LogP contribution in [-0.2, 0) is 16.6 Å². The van der Waals surface area contributed by atoms with E-state index in [4.69, 9.17) is 0 Å². The van der Waals surface area contributed by atoms with Gasteiger partial charge in [-0.25, -0.2) is 0 Å². The monoisotopic (exact) mass is 384 g/mol. The smallest absolute Gasteiger partial charge is 0.237 e. The Hall–Kier alpha value is -1.65. The third-order valence-electron chi connectivity index (χ3n) is 5.36. The molecule has 1 atom stereocenters. The Morgan fingerprint density at radius 1 is 1.22 bits per heavy atom. The summed E-state index contributed by atoms with van der Waals surface area (Å²) in [4.78, 5) is 16.5. The second-order valence-electron chi connectivity index (χ2n) is 8.44. The Kier molecular flexibility index (Phi) is 6.38. The normalized spacial score (nSPS) is 17.0. The van der Waals surface area contributed by atoms with Crippen LogP contribution in [0.5, 0.6) is 0 Å². The molecule has 0 fully saturated rings. The number of unbranched alkanes of at least 4 members (excludes halogenated alkanes) is 1. The molecular weight excluding hydrogens is 352 g/mol. The fourth-order valence-corrected chi connectivity index (χ4v) is 4.61. The molecule has 1 N–H and O–H groups in total. The van der Waals surface area contributed by atoms with E-state index in [2.05, 4.69) is 73.6 Å². The van der Waals surface area contributed by atoms with Crippen molar-refractivity contribution in [1.29, 1.82) is 0 Å². The van der Waals surface area contributed by atoms with E-state index in [0.29, 0.717) is 6.54 Å². The molecule has 0 saturated heterocycles. The average molecular weight is 385 g/mol. The number of amides is 1. The molecule has 0 aliphatic carbocycles. The van der Waals surface area contributed by atoms with Crippen LogP contribution < -0.4 is 5.32 Å². The van der Waals surface area contributed by atoms with Crippen molar-refractivity contribution in [2.45, 2.75) is 58.4 Å². The zero-order chi connectivity index (χ0) is 19.4. The average Bonchev–Trinajstić information content (AvgIpc) is 3.12. The highest BCUT2D eigenvalue weighted by Crippen LogP contribution is 2.38. The second kappa shape index (κ2) is 8.57. The first-order valence-electron chi connectivity index (χ1n) is 10.1. The summed E-state index contributed by atoms with van der Waals surface area (Å²) >= 11 is 1.82. The molecule has 1 aliphatic rings. The van der Waals surface area contributed by atoms with Gasteiger partial charge in [0, 0.05) is 11.4 Å². The van der Waals surface area contributed by atoms with Crippen LogP contribution in [0.3, 0.4) is 0 Å². The third kappa shape index (κ3) is 4.61. The van der Waals surface area contributed by atoms with Crippen LogP contribution in [0.2, 0.25) is 0 Å². The number of nitrogens with one attached hydrogen (secondary N) is 1. The van der Waals surface area contributed by atoms with Crippen LogP contribution in [-0.4, -0.2) is 30.4 Å². The summed E-state index contributed by atoms with van der Waals surface area (Å²) in [7, 11) is 0. The van der Waals surface area contributed by atoms with Crippen molar-refractivity contribution in [2.24, 2.45) is 0 Å². The summed E-state index contributed by atoms with van der Waals surface area (Å²) in [5.74, 6) is 0.202. The fraction of sp³-hybridized carbons (Fsp3) is 0.522. The van der Waals surface area contributed by atoms with Gasteiger partial charge in [-0.3, -0.25) is 4.79 Å². The highest BCUT2D eigenvalue weighted by Gasteiger charge is 2.32. The third-order valence-corrected chi connectivity index (χ3v) is 6.36. The number of carbonyl (C=O) groups excluding carboxylic acids is 1. The Balaban J connectivity index is 1.85. The van der Waals surface area contributed by atoms with Gasteiger partial charge in [0.15, 0.2) is 0 Å². The maximum Gasteiger partial charge on any atom is 0.237 e. The van der Waals surface area contributed by atoms with E-state index in [-0.39, 0.29) is 17.4 Å². The minimum Gasteiger partial charge on any atom is -0.330 e. The molecule has 2 heterocycles. The van der Waals surface area contributed by atoms with Gasteiger partial charge in [0.1, 0.15) is 0 Å². The van der Waals surface area contributed by atoms with Crippen molar-refractivity contribution >= 4 is 17.2 Å². The minimum absolute atomic E-state index is 0.0366. The zero-order valence-corrected chi connectivity index (χ0v) is 17.9. The van der Waals surface area contributed by atoms with E-state index < -0.39 is 0 Å². The molecule has 0 spiro atoms. The van der Waals surface area contributed by atoms with Gasteiger partial charge < -0.3 is 10.2 Å². The first-order valence-corrected chi connectivity index (χ1v) is 11.0. The van der Waals surface area contributed by atoms with Crippen LogP contribution in [0.4, 0.5) is 0 Å². The lowest BCUT2D eigenvalue weighted by atomic mass is 9.85. The summed E-state index contributed by atoms with van der Waals surface area (Å²) < 4.78 is 0. The Morgan fingerprint density at radius 2 is 1.96 bits per heavy atom. The Morgan fingerprint density at radius 3 is 2.63 bits per heavy atom. The first kappa shape index (κ1) is 20.1. The topological polar surface area (TPSA) is 32.3 Å². The van der Waals surface area contributed by atoms with E-state index in [9.17, 15) is 4.79 Å². The standard InChI is InChI=1S/C23H32N2OS/c1-5-6-13-24-16-21(26)25-14-11-20-19(12-15-27-20)22(25)17-7-9-18(10-8-17)23(2,3)4/h7-10,12,15,22,24H,5-6,11,13-14,16H2,1-4H3. The number of rotatable bonds is 6. The fourth-order valence-electron chi connectivity index (χ4n) is 3.71. The molecule has 1 aromatic heterocycles. The van der Waals surface area contributed by atoms with Crippen LogP contribution in [0.15, 0.2) is 35.7 Å². The van der Waals surface area contributed by atoms with Crippen molar-refractivity contribution < 1.29 is 4.79 Å². The molecule has 146 valence electrons. The predicted molar refractivity (Wildman–Crippen MR) is 114 cm³/mol. The lowest BCUT2D eigenvalue weighted by molar-refractivity contribution is -0.132. The lowest BCUT2D eigenvalue weighted by Crippen LogP contribution is -2.44. The van der Waals surface area contributed by atoms with Crippen LogP contribution in [0.25, 0.3) is 0 Å². The number of nitrogens with zero attached hydrogens (tertiary/aromatic N) is 1. The van der Waals surface area contributed by atoms with Crippen molar-refractivity contribution in [3.8, 4) is 0 Å². The lowest BCUT2D eigenvalue weighted by Gasteiger charge is -2.36. The summed E-state index contributed by atoms with van der Waals surface area (Å²) in [6.45, 7) is 11.0. The molecule has 1 aromatic carbocycles. The predicted octanol–water partition coefficient (Wildman–Crippen LogP) is 4.91. The minimum atomic E-state index is 0.0366. The number of carbonyl (C=O) groups is 1. The summed E-state index contributed by atoms with van der Waals surface area (Å²) in [6.07, 6.45) is 3.22. The molecule has 1 unspecified atom stereocenters. The molecule has 3 nitrogen and oxygen atoms in total. The maximum absolute atomic E-state index is 13.0.